The lowest BCUT2D eigenvalue weighted by molar-refractivity contribution is 0.417. The van der Waals surface area contributed by atoms with Gasteiger partial charge >= 0.3 is 0 Å². The van der Waals surface area contributed by atoms with Gasteiger partial charge in [0.25, 0.3) is 0 Å². The molecule has 0 radical (unpaired) electrons. The zero-order valence-electron chi connectivity index (χ0n) is 11.9. The predicted octanol–water partition coefficient (Wildman–Crippen LogP) is 4.11. The van der Waals surface area contributed by atoms with Crippen LogP contribution in [0.4, 0.5) is 5.69 Å². The lowest BCUT2D eigenvalue weighted by Crippen LogP contribution is -1.94. The molecule has 1 aromatic heterocycles. The van der Waals surface area contributed by atoms with Crippen LogP contribution in [0.25, 0.3) is 22.6 Å². The second kappa shape index (κ2) is 6.10. The van der Waals surface area contributed by atoms with Crippen LogP contribution in [-0.2, 0) is 0 Å². The number of ether oxygens (including phenoxy) is 1. The van der Waals surface area contributed by atoms with Crippen molar-refractivity contribution in [2.75, 3.05) is 12.8 Å². The number of methoxy groups -OCH3 is 1. The Morgan fingerprint density at radius 2 is 1.80 bits per heavy atom. The standard InChI is InChI=1S/C14H12N2O2.C2H6/c1-17-13-9(5-4-6-10(13)15)14-16-11-7-2-3-8-12(11)18-14;1-2/h2-8H,15H2,1H3;1-2H3. The Morgan fingerprint density at radius 1 is 1.05 bits per heavy atom. The van der Waals surface area contributed by atoms with Crippen LogP contribution in [0.2, 0.25) is 0 Å². The van der Waals surface area contributed by atoms with Gasteiger partial charge in [-0.15, -0.1) is 0 Å². The van der Waals surface area contributed by atoms with Crippen LogP contribution >= 0.6 is 0 Å². The number of para-hydroxylation sites is 3. The van der Waals surface area contributed by atoms with Crippen LogP contribution in [0.1, 0.15) is 13.8 Å². The first-order chi connectivity index (χ1) is 9.79. The van der Waals surface area contributed by atoms with Crippen molar-refractivity contribution in [1.82, 2.24) is 4.98 Å². The van der Waals surface area contributed by atoms with Gasteiger partial charge in [-0.2, -0.15) is 0 Å². The summed E-state index contributed by atoms with van der Waals surface area (Å²) in [6.07, 6.45) is 0. The molecule has 0 aliphatic heterocycles. The Morgan fingerprint density at radius 3 is 2.50 bits per heavy atom. The van der Waals surface area contributed by atoms with Gasteiger partial charge in [-0.3, -0.25) is 0 Å². The Bertz CT molecular complexity index is 672. The van der Waals surface area contributed by atoms with E-state index in [9.17, 15) is 0 Å². The van der Waals surface area contributed by atoms with Crippen molar-refractivity contribution < 1.29 is 9.15 Å². The third kappa shape index (κ3) is 2.45. The quantitative estimate of drug-likeness (QED) is 0.712. The van der Waals surface area contributed by atoms with Gasteiger partial charge in [0.1, 0.15) is 5.52 Å². The maximum absolute atomic E-state index is 5.87. The summed E-state index contributed by atoms with van der Waals surface area (Å²) in [5.41, 5.74) is 8.76. The molecule has 0 fully saturated rings. The molecule has 4 nitrogen and oxygen atoms in total. The average Bonchev–Trinajstić information content (AvgIpc) is 2.93. The van der Waals surface area contributed by atoms with E-state index in [0.29, 0.717) is 17.3 Å². The number of aromatic nitrogens is 1. The largest absolute Gasteiger partial charge is 0.494 e. The molecule has 3 rings (SSSR count). The lowest BCUT2D eigenvalue weighted by atomic mass is 10.1. The fraction of sp³-hybridized carbons (Fsp3) is 0.188. The van der Waals surface area contributed by atoms with Crippen LogP contribution in [-0.4, -0.2) is 12.1 Å². The topological polar surface area (TPSA) is 61.3 Å². The summed E-state index contributed by atoms with van der Waals surface area (Å²) in [6.45, 7) is 4.00. The van der Waals surface area contributed by atoms with Gasteiger partial charge in [0.2, 0.25) is 5.89 Å². The van der Waals surface area contributed by atoms with Gasteiger partial charge in [-0.1, -0.05) is 32.0 Å². The smallest absolute Gasteiger partial charge is 0.231 e. The molecule has 0 aliphatic carbocycles. The van der Waals surface area contributed by atoms with E-state index in [1.54, 1.807) is 13.2 Å². The van der Waals surface area contributed by atoms with Crippen molar-refractivity contribution in [3.63, 3.8) is 0 Å². The number of anilines is 1. The van der Waals surface area contributed by atoms with Gasteiger partial charge in [0, 0.05) is 0 Å². The molecular weight excluding hydrogens is 252 g/mol. The molecule has 3 aromatic rings. The maximum Gasteiger partial charge on any atom is 0.231 e. The van der Waals surface area contributed by atoms with E-state index in [2.05, 4.69) is 4.98 Å². The Kier molecular flexibility index (Phi) is 4.25. The SMILES string of the molecule is CC.COc1c(N)cccc1-c1nc2ccccc2o1. The minimum absolute atomic E-state index is 0.514. The second-order valence-electron chi connectivity index (χ2n) is 3.91. The Labute approximate surface area is 118 Å². The monoisotopic (exact) mass is 270 g/mol. The summed E-state index contributed by atoms with van der Waals surface area (Å²) in [5, 5.41) is 0. The fourth-order valence-electron chi connectivity index (χ4n) is 1.94. The average molecular weight is 270 g/mol. The van der Waals surface area contributed by atoms with Gasteiger partial charge in [-0.05, 0) is 24.3 Å². The van der Waals surface area contributed by atoms with Gasteiger partial charge in [0.15, 0.2) is 11.3 Å². The highest BCUT2D eigenvalue weighted by atomic mass is 16.5. The molecule has 2 N–H and O–H groups in total. The molecule has 0 spiro atoms. The maximum atomic E-state index is 5.87. The summed E-state index contributed by atoms with van der Waals surface area (Å²) in [7, 11) is 1.58. The minimum Gasteiger partial charge on any atom is -0.494 e. The van der Waals surface area contributed by atoms with Crippen molar-refractivity contribution in [1.29, 1.82) is 0 Å². The van der Waals surface area contributed by atoms with Crippen molar-refractivity contribution in [3.8, 4) is 17.2 Å². The molecule has 0 saturated heterocycles. The predicted molar refractivity (Wildman–Crippen MR) is 81.8 cm³/mol. The van der Waals surface area contributed by atoms with E-state index in [4.69, 9.17) is 14.9 Å². The number of oxazole rings is 1. The number of nitrogens with two attached hydrogens (primary N) is 1. The van der Waals surface area contributed by atoms with Crippen LogP contribution in [0, 0.1) is 0 Å². The second-order valence-corrected chi connectivity index (χ2v) is 3.91. The van der Waals surface area contributed by atoms with Crippen LogP contribution < -0.4 is 10.5 Å². The molecular formula is C16H18N2O2. The van der Waals surface area contributed by atoms with Crippen LogP contribution in [0.15, 0.2) is 46.9 Å². The Balaban J connectivity index is 0.000000704. The van der Waals surface area contributed by atoms with E-state index in [-0.39, 0.29) is 0 Å². The number of nitrogens with zero attached hydrogens (tertiary/aromatic N) is 1. The molecule has 4 heteroatoms. The first-order valence-corrected chi connectivity index (χ1v) is 6.58. The van der Waals surface area contributed by atoms with E-state index >= 15 is 0 Å². The molecule has 0 unspecified atom stereocenters. The van der Waals surface area contributed by atoms with Crippen molar-refractivity contribution in [2.45, 2.75) is 13.8 Å². The third-order valence-electron chi connectivity index (χ3n) is 2.77. The number of rotatable bonds is 2. The van der Waals surface area contributed by atoms with Crippen molar-refractivity contribution >= 4 is 16.8 Å². The number of hydrogen-bond donors (Lipinski definition) is 1. The van der Waals surface area contributed by atoms with Gasteiger partial charge in [-0.25, -0.2) is 4.98 Å². The number of benzene rings is 2. The van der Waals surface area contributed by atoms with Gasteiger partial charge < -0.3 is 14.9 Å². The summed E-state index contributed by atoms with van der Waals surface area (Å²) in [4.78, 5) is 4.43. The molecule has 104 valence electrons. The molecule has 0 saturated carbocycles. The van der Waals surface area contributed by atoms with E-state index in [1.165, 1.54) is 0 Å². The minimum atomic E-state index is 0.514. The molecule has 0 atom stereocenters. The highest BCUT2D eigenvalue weighted by molar-refractivity contribution is 5.79. The fourth-order valence-corrected chi connectivity index (χ4v) is 1.94. The molecule has 0 amide bonds. The number of fused-ring (bicyclic) bond motifs is 1. The third-order valence-corrected chi connectivity index (χ3v) is 2.77. The molecule has 1 heterocycles. The Hall–Kier alpha value is -2.49. The van der Waals surface area contributed by atoms with Crippen LogP contribution in [0.3, 0.4) is 0 Å². The van der Waals surface area contributed by atoms with E-state index in [1.807, 2.05) is 50.2 Å². The van der Waals surface area contributed by atoms with Crippen LogP contribution in [0.5, 0.6) is 5.75 Å². The molecule has 0 bridgehead atoms. The van der Waals surface area contributed by atoms with Crippen molar-refractivity contribution in [2.24, 2.45) is 0 Å². The molecule has 20 heavy (non-hydrogen) atoms. The first-order valence-electron chi connectivity index (χ1n) is 6.58. The summed E-state index contributed by atoms with van der Waals surface area (Å²) in [5.74, 6) is 1.10. The number of hydrogen-bond acceptors (Lipinski definition) is 4. The van der Waals surface area contributed by atoms with E-state index in [0.717, 1.165) is 16.7 Å². The summed E-state index contributed by atoms with van der Waals surface area (Å²) < 4.78 is 11.0. The zero-order valence-corrected chi connectivity index (χ0v) is 11.9. The highest BCUT2D eigenvalue weighted by Crippen LogP contribution is 2.35. The first kappa shape index (κ1) is 13.9. The lowest BCUT2D eigenvalue weighted by Gasteiger charge is -2.07. The molecule has 2 aromatic carbocycles. The summed E-state index contributed by atoms with van der Waals surface area (Å²) in [6, 6.07) is 13.1. The van der Waals surface area contributed by atoms with E-state index < -0.39 is 0 Å². The normalized spacial score (nSPS) is 9.95. The zero-order chi connectivity index (χ0) is 14.5. The highest BCUT2D eigenvalue weighted by Gasteiger charge is 2.14. The number of nitrogen functional groups attached to an aromatic ring is 1. The van der Waals surface area contributed by atoms with Crippen molar-refractivity contribution in [3.05, 3.63) is 42.5 Å². The summed E-state index contributed by atoms with van der Waals surface area (Å²) >= 11 is 0. The molecule has 0 aliphatic rings. The van der Waals surface area contributed by atoms with Gasteiger partial charge in [0.05, 0.1) is 18.4 Å².